The van der Waals surface area contributed by atoms with E-state index in [1.165, 1.54) is 22.7 Å². The highest BCUT2D eigenvalue weighted by atomic mass is 35.5. The topological polar surface area (TPSA) is 189 Å². The normalized spacial score (nSPS) is 14.5. The zero-order valence-electron chi connectivity index (χ0n) is 31.9. The molecule has 1 aliphatic rings. The number of carbonyl (C=O) groups is 4. The van der Waals surface area contributed by atoms with Crippen LogP contribution in [0.5, 0.6) is 5.88 Å². The number of hydrogen-bond donors (Lipinski definition) is 4. The molecule has 5 aromatic rings. The lowest BCUT2D eigenvalue weighted by Gasteiger charge is -2.23. The zero-order chi connectivity index (χ0) is 41.0. The Labute approximate surface area is 338 Å². The number of imidazole rings is 1. The number of benzene rings is 2. The fourth-order valence-electron chi connectivity index (χ4n) is 6.32. The van der Waals surface area contributed by atoms with E-state index in [0.29, 0.717) is 67.7 Å². The number of fused-ring (bicyclic) bond motifs is 1. The van der Waals surface area contributed by atoms with E-state index in [2.05, 4.69) is 25.9 Å². The lowest BCUT2D eigenvalue weighted by atomic mass is 9.98. The minimum absolute atomic E-state index is 0.0100. The molecule has 1 aliphatic heterocycles. The van der Waals surface area contributed by atoms with Crippen molar-refractivity contribution >= 4 is 52.8 Å². The van der Waals surface area contributed by atoms with Crippen molar-refractivity contribution in [2.24, 2.45) is 0 Å². The van der Waals surface area contributed by atoms with Gasteiger partial charge in [-0.3, -0.25) is 9.59 Å². The van der Waals surface area contributed by atoms with Gasteiger partial charge in [0, 0.05) is 59.4 Å². The molecule has 1 fully saturated rings. The first-order chi connectivity index (χ1) is 27.1. The van der Waals surface area contributed by atoms with Crippen LogP contribution in [0.2, 0.25) is 10.0 Å². The highest BCUT2D eigenvalue weighted by Crippen LogP contribution is 2.42. The molecule has 4 amide bonds. The smallest absolute Gasteiger partial charge is 0.407 e. The van der Waals surface area contributed by atoms with Crippen LogP contribution in [0.1, 0.15) is 56.6 Å². The molecular weight excluding hydrogens is 775 g/mol. The molecule has 0 aliphatic carbocycles. The standard InChI is InChI=1S/C40H42Cl2N8O7/c1-22(44-38(53)57-40(2,3)4)18-43-36(52)31-21-50-32(46-31)16-15-30(48-50)28-11-7-9-26(35(28)42)25-8-6-10-27(34(25)41)29-14-12-23(37(47-29)56-5)19-49(39(54)55)20-24-13-17-33(51)45-24/h6-12,14-16,21-22,24H,13,17-20H2,1-5H3,(H,43,52)(H,44,53)(H,45,51)(H,54,55)/t22?,24-/m0/s1. The van der Waals surface area contributed by atoms with Crippen LogP contribution in [0.3, 0.4) is 0 Å². The highest BCUT2D eigenvalue weighted by Gasteiger charge is 2.27. The Morgan fingerprint density at radius 2 is 1.63 bits per heavy atom. The summed E-state index contributed by atoms with van der Waals surface area (Å²) in [6, 6.07) is 17.3. The van der Waals surface area contributed by atoms with Crippen molar-refractivity contribution in [3.63, 3.8) is 0 Å². The van der Waals surface area contributed by atoms with Crippen LogP contribution in [0.15, 0.2) is 66.9 Å². The van der Waals surface area contributed by atoms with Crippen molar-refractivity contribution < 1.29 is 33.8 Å². The molecule has 17 heteroatoms. The third-order valence-corrected chi connectivity index (χ3v) is 9.83. The van der Waals surface area contributed by atoms with Gasteiger partial charge in [0.25, 0.3) is 5.91 Å². The van der Waals surface area contributed by atoms with E-state index in [4.69, 9.17) is 37.8 Å². The molecule has 3 aromatic heterocycles. The molecule has 2 atom stereocenters. The van der Waals surface area contributed by atoms with Gasteiger partial charge in [0.15, 0.2) is 5.65 Å². The maximum absolute atomic E-state index is 13.0. The van der Waals surface area contributed by atoms with E-state index >= 15 is 0 Å². The first-order valence-electron chi connectivity index (χ1n) is 18.1. The third kappa shape index (κ3) is 9.73. The van der Waals surface area contributed by atoms with Gasteiger partial charge in [-0.2, -0.15) is 5.10 Å². The Morgan fingerprint density at radius 3 is 2.25 bits per heavy atom. The van der Waals surface area contributed by atoms with Crippen LogP contribution >= 0.6 is 23.2 Å². The van der Waals surface area contributed by atoms with Crippen LogP contribution in [0, 0.1) is 0 Å². The lowest BCUT2D eigenvalue weighted by molar-refractivity contribution is -0.119. The number of carbonyl (C=O) groups excluding carboxylic acids is 3. The highest BCUT2D eigenvalue weighted by molar-refractivity contribution is 6.39. The van der Waals surface area contributed by atoms with Gasteiger partial charge in [-0.1, -0.05) is 59.6 Å². The fraction of sp³-hybridized carbons (Fsp3) is 0.325. The number of pyridine rings is 1. The van der Waals surface area contributed by atoms with Gasteiger partial charge in [0.05, 0.1) is 41.3 Å². The van der Waals surface area contributed by atoms with Gasteiger partial charge in [-0.25, -0.2) is 24.1 Å². The lowest BCUT2D eigenvalue weighted by Crippen LogP contribution is -2.43. The van der Waals surface area contributed by atoms with Crippen LogP contribution in [-0.4, -0.2) is 91.5 Å². The van der Waals surface area contributed by atoms with Crippen LogP contribution in [0.4, 0.5) is 9.59 Å². The molecule has 1 saturated heterocycles. The van der Waals surface area contributed by atoms with Gasteiger partial charge in [-0.15, -0.1) is 0 Å². The van der Waals surface area contributed by atoms with Gasteiger partial charge < -0.3 is 35.4 Å². The molecule has 0 spiro atoms. The number of carboxylic acid groups (broad SMARTS) is 1. The Hall–Kier alpha value is -5.93. The fourth-order valence-corrected chi connectivity index (χ4v) is 6.97. The van der Waals surface area contributed by atoms with Gasteiger partial charge in [-0.05, 0) is 58.4 Å². The van der Waals surface area contributed by atoms with Crippen molar-refractivity contribution in [1.29, 1.82) is 0 Å². The number of ether oxygens (including phenoxy) is 2. The summed E-state index contributed by atoms with van der Waals surface area (Å²) in [4.78, 5) is 59.1. The van der Waals surface area contributed by atoms with E-state index < -0.39 is 29.7 Å². The molecule has 0 saturated carbocycles. The van der Waals surface area contributed by atoms with Crippen molar-refractivity contribution in [2.75, 3.05) is 20.2 Å². The minimum Gasteiger partial charge on any atom is -0.481 e. The summed E-state index contributed by atoms with van der Waals surface area (Å²) in [7, 11) is 1.46. The number of nitrogens with zero attached hydrogens (tertiary/aromatic N) is 5. The molecule has 57 heavy (non-hydrogen) atoms. The van der Waals surface area contributed by atoms with Crippen LogP contribution < -0.4 is 20.7 Å². The molecular formula is C40H42Cl2N8O7. The predicted octanol–water partition coefficient (Wildman–Crippen LogP) is 6.84. The molecule has 0 radical (unpaired) electrons. The SMILES string of the molecule is COc1nc(-c2cccc(-c3cccc(-c4ccc5nc(C(=O)NCC(C)NC(=O)OC(C)(C)C)cn5n4)c3Cl)c2Cl)ccc1CN(C[C@@H]1CCC(=O)N1)C(=O)O. The number of halogens is 2. The number of hydrogen-bond acceptors (Lipinski definition) is 9. The number of nitrogens with one attached hydrogen (secondary N) is 3. The molecule has 4 heterocycles. The summed E-state index contributed by atoms with van der Waals surface area (Å²) in [5.41, 5.74) is 4.01. The van der Waals surface area contributed by atoms with Gasteiger partial charge >= 0.3 is 12.2 Å². The van der Waals surface area contributed by atoms with Crippen LogP contribution in [0.25, 0.3) is 39.3 Å². The first-order valence-corrected chi connectivity index (χ1v) is 18.9. The molecule has 2 aromatic carbocycles. The van der Waals surface area contributed by atoms with E-state index in [-0.39, 0.29) is 43.2 Å². The Morgan fingerprint density at radius 1 is 0.982 bits per heavy atom. The summed E-state index contributed by atoms with van der Waals surface area (Å²) in [6.45, 7) is 7.35. The van der Waals surface area contributed by atoms with Crippen molar-refractivity contribution in [2.45, 2.75) is 64.8 Å². The van der Waals surface area contributed by atoms with E-state index in [0.717, 1.165) is 0 Å². The molecule has 1 unspecified atom stereocenters. The van der Waals surface area contributed by atoms with Crippen molar-refractivity contribution in [3.05, 3.63) is 88.2 Å². The molecule has 6 rings (SSSR count). The number of aromatic nitrogens is 4. The predicted molar refractivity (Wildman–Crippen MR) is 214 cm³/mol. The second-order valence-electron chi connectivity index (χ2n) is 14.6. The van der Waals surface area contributed by atoms with Crippen LogP contribution in [-0.2, 0) is 16.1 Å². The maximum Gasteiger partial charge on any atom is 0.407 e. The average Bonchev–Trinajstić information content (AvgIpc) is 3.78. The zero-order valence-corrected chi connectivity index (χ0v) is 33.4. The summed E-state index contributed by atoms with van der Waals surface area (Å²) in [6.07, 6.45) is 0.747. The molecule has 0 bridgehead atoms. The number of amides is 4. The maximum atomic E-state index is 13.0. The van der Waals surface area contributed by atoms with Crippen molar-refractivity contribution in [1.82, 2.24) is 40.4 Å². The summed E-state index contributed by atoms with van der Waals surface area (Å²) < 4.78 is 12.4. The monoisotopic (exact) mass is 816 g/mol. The second kappa shape index (κ2) is 17.1. The minimum atomic E-state index is -1.12. The van der Waals surface area contributed by atoms with E-state index in [1.807, 2.05) is 36.4 Å². The Kier molecular flexibility index (Phi) is 12.2. The molecule has 15 nitrogen and oxygen atoms in total. The first kappa shape index (κ1) is 40.7. The Bertz CT molecular complexity index is 2340. The van der Waals surface area contributed by atoms with Gasteiger partial charge in [0.1, 0.15) is 11.3 Å². The number of methoxy groups -OCH3 is 1. The van der Waals surface area contributed by atoms with Crippen molar-refractivity contribution in [3.8, 4) is 39.5 Å². The average molecular weight is 818 g/mol. The third-order valence-electron chi connectivity index (χ3n) is 9.01. The molecule has 4 N–H and O–H groups in total. The number of rotatable bonds is 12. The van der Waals surface area contributed by atoms with Gasteiger partial charge in [0.2, 0.25) is 11.8 Å². The summed E-state index contributed by atoms with van der Waals surface area (Å²) >= 11 is 14.1. The van der Waals surface area contributed by atoms with E-state index in [9.17, 15) is 24.3 Å². The summed E-state index contributed by atoms with van der Waals surface area (Å²) in [5, 5.41) is 23.6. The second-order valence-corrected chi connectivity index (χ2v) is 15.3. The number of alkyl carbamates (subject to hydrolysis) is 1. The van der Waals surface area contributed by atoms with E-state index in [1.54, 1.807) is 52.0 Å². The molecule has 298 valence electrons. The summed E-state index contributed by atoms with van der Waals surface area (Å²) in [5.74, 6) is -0.290. The largest absolute Gasteiger partial charge is 0.481 e. The quantitative estimate of drug-likeness (QED) is 0.104. The Balaban J connectivity index is 1.20.